The van der Waals surface area contributed by atoms with Gasteiger partial charge in [-0.25, -0.2) is 0 Å². The summed E-state index contributed by atoms with van der Waals surface area (Å²) in [4.78, 5) is 31.4. The third kappa shape index (κ3) is 4.46. The van der Waals surface area contributed by atoms with Crippen molar-refractivity contribution in [2.45, 2.75) is 39.8 Å². The van der Waals surface area contributed by atoms with Crippen molar-refractivity contribution in [3.8, 4) is 5.75 Å². The highest BCUT2D eigenvalue weighted by Crippen LogP contribution is 2.40. The molecule has 0 aliphatic carbocycles. The van der Waals surface area contributed by atoms with E-state index in [1.807, 2.05) is 27.7 Å². The first-order valence-electron chi connectivity index (χ1n) is 10.2. The first kappa shape index (κ1) is 22.5. The molecule has 7 heteroatoms. The molecule has 0 spiro atoms. The molecule has 1 aliphatic heterocycles. The molecule has 1 aromatic heterocycles. The van der Waals surface area contributed by atoms with Gasteiger partial charge in [0, 0.05) is 24.5 Å². The van der Waals surface area contributed by atoms with Crippen LogP contribution in [0.4, 0.5) is 0 Å². The number of aryl methyl sites for hydroxylation is 2. The van der Waals surface area contributed by atoms with Gasteiger partial charge >= 0.3 is 0 Å². The Labute approximate surface area is 182 Å². The lowest BCUT2D eigenvalue weighted by molar-refractivity contribution is -0.140. The maximum absolute atomic E-state index is 13.0. The Bertz CT molecular complexity index is 1010. The van der Waals surface area contributed by atoms with Crippen LogP contribution in [0.25, 0.3) is 5.76 Å². The zero-order chi connectivity index (χ0) is 22.7. The Morgan fingerprint density at radius 1 is 1.16 bits per heavy atom. The van der Waals surface area contributed by atoms with Crippen LogP contribution >= 0.6 is 0 Å². The number of benzene rings is 1. The minimum absolute atomic E-state index is 0.00104. The average Bonchev–Trinajstić information content (AvgIpc) is 3.00. The first-order valence-corrected chi connectivity index (χ1v) is 10.2. The van der Waals surface area contributed by atoms with Gasteiger partial charge in [0.2, 0.25) is 0 Å². The van der Waals surface area contributed by atoms with Gasteiger partial charge in [0.05, 0.1) is 31.4 Å². The number of nitrogens with zero attached hydrogens (tertiary/aromatic N) is 2. The highest BCUT2D eigenvalue weighted by atomic mass is 16.5. The molecule has 2 heterocycles. The van der Waals surface area contributed by atoms with Gasteiger partial charge in [-0.15, -0.1) is 0 Å². The lowest BCUT2D eigenvalue weighted by atomic mass is 9.93. The second-order valence-corrected chi connectivity index (χ2v) is 7.83. The van der Waals surface area contributed by atoms with Crippen LogP contribution in [-0.2, 0) is 14.3 Å². The van der Waals surface area contributed by atoms with Crippen molar-refractivity contribution in [2.75, 3.05) is 20.3 Å². The number of likely N-dealkylation sites (tertiary alicyclic amines) is 1. The number of ketones is 1. The number of ether oxygens (including phenoxy) is 2. The molecular formula is C24H28N2O5. The molecule has 0 saturated carbocycles. The number of hydrogen-bond acceptors (Lipinski definition) is 6. The summed E-state index contributed by atoms with van der Waals surface area (Å²) in [5, 5.41) is 11.2. The molecule has 31 heavy (non-hydrogen) atoms. The SMILES string of the molecule is COc1cc(C)c(/C(O)=C2\C(=O)C(=O)N(CCOC(C)C)C2c2ccncc2)cc1C. The molecule has 3 rings (SSSR count). The Morgan fingerprint density at radius 2 is 1.84 bits per heavy atom. The van der Waals surface area contributed by atoms with E-state index < -0.39 is 17.7 Å². The monoisotopic (exact) mass is 424 g/mol. The molecule has 2 aromatic rings. The number of pyridine rings is 1. The van der Waals surface area contributed by atoms with Crippen molar-refractivity contribution < 1.29 is 24.2 Å². The largest absolute Gasteiger partial charge is 0.507 e. The number of carbonyl (C=O) groups is 2. The van der Waals surface area contributed by atoms with Crippen molar-refractivity contribution in [3.63, 3.8) is 0 Å². The number of amides is 1. The van der Waals surface area contributed by atoms with E-state index in [-0.39, 0.29) is 30.6 Å². The van der Waals surface area contributed by atoms with E-state index >= 15 is 0 Å². The number of aliphatic hydroxyl groups is 1. The third-order valence-corrected chi connectivity index (χ3v) is 5.34. The number of aromatic nitrogens is 1. The molecule has 1 N–H and O–H groups in total. The van der Waals surface area contributed by atoms with E-state index in [1.165, 1.54) is 4.90 Å². The smallest absolute Gasteiger partial charge is 0.295 e. The van der Waals surface area contributed by atoms with Crippen molar-refractivity contribution in [1.29, 1.82) is 0 Å². The predicted molar refractivity (Wildman–Crippen MR) is 117 cm³/mol. The van der Waals surface area contributed by atoms with Gasteiger partial charge in [-0.05, 0) is 68.7 Å². The Morgan fingerprint density at radius 3 is 2.45 bits per heavy atom. The van der Waals surface area contributed by atoms with Gasteiger partial charge in [-0.1, -0.05) is 0 Å². The molecule has 1 amide bonds. The maximum Gasteiger partial charge on any atom is 0.295 e. The van der Waals surface area contributed by atoms with Crippen LogP contribution in [0.15, 0.2) is 42.2 Å². The number of methoxy groups -OCH3 is 1. The second-order valence-electron chi connectivity index (χ2n) is 7.83. The minimum Gasteiger partial charge on any atom is -0.507 e. The van der Waals surface area contributed by atoms with Gasteiger partial charge in [-0.3, -0.25) is 14.6 Å². The van der Waals surface area contributed by atoms with Gasteiger partial charge in [-0.2, -0.15) is 0 Å². The molecule has 1 atom stereocenters. The van der Waals surface area contributed by atoms with Crippen LogP contribution in [0.1, 0.15) is 42.1 Å². The van der Waals surface area contributed by atoms with Crippen LogP contribution in [0.2, 0.25) is 0 Å². The van der Waals surface area contributed by atoms with E-state index in [4.69, 9.17) is 9.47 Å². The summed E-state index contributed by atoms with van der Waals surface area (Å²) >= 11 is 0. The summed E-state index contributed by atoms with van der Waals surface area (Å²) in [6.07, 6.45) is 3.20. The molecule has 1 unspecified atom stereocenters. The van der Waals surface area contributed by atoms with Crippen LogP contribution in [-0.4, -0.2) is 53.0 Å². The molecule has 0 bridgehead atoms. The van der Waals surface area contributed by atoms with Crippen LogP contribution in [0.5, 0.6) is 5.75 Å². The summed E-state index contributed by atoms with van der Waals surface area (Å²) in [7, 11) is 1.58. The van der Waals surface area contributed by atoms with E-state index in [2.05, 4.69) is 4.98 Å². The normalized spacial score (nSPS) is 18.1. The maximum atomic E-state index is 13.0. The van der Waals surface area contributed by atoms with E-state index in [1.54, 1.807) is 43.8 Å². The zero-order valence-electron chi connectivity index (χ0n) is 18.5. The summed E-state index contributed by atoms with van der Waals surface area (Å²) < 4.78 is 10.9. The molecule has 0 radical (unpaired) electrons. The summed E-state index contributed by atoms with van der Waals surface area (Å²) in [5.74, 6) is -0.878. The molecule has 1 aliphatic rings. The van der Waals surface area contributed by atoms with Crippen molar-refractivity contribution in [1.82, 2.24) is 9.88 Å². The number of hydrogen-bond donors (Lipinski definition) is 1. The van der Waals surface area contributed by atoms with Gasteiger partial charge in [0.15, 0.2) is 0 Å². The quantitative estimate of drug-likeness (QED) is 0.415. The van der Waals surface area contributed by atoms with Crippen molar-refractivity contribution in [2.24, 2.45) is 0 Å². The number of Topliss-reactive ketones (excluding diaryl/α,β-unsaturated/α-hetero) is 1. The fourth-order valence-corrected chi connectivity index (χ4v) is 3.80. The Hall–Kier alpha value is -3.19. The highest BCUT2D eigenvalue weighted by Gasteiger charge is 2.46. The van der Waals surface area contributed by atoms with Crippen molar-refractivity contribution >= 4 is 17.4 Å². The van der Waals surface area contributed by atoms with Crippen LogP contribution < -0.4 is 4.74 Å². The number of carbonyl (C=O) groups excluding carboxylic acids is 2. The molecule has 7 nitrogen and oxygen atoms in total. The second kappa shape index (κ2) is 9.31. The Kier molecular flexibility index (Phi) is 6.75. The van der Waals surface area contributed by atoms with E-state index in [0.717, 1.165) is 11.1 Å². The average molecular weight is 424 g/mol. The molecule has 164 valence electrons. The van der Waals surface area contributed by atoms with E-state index in [9.17, 15) is 14.7 Å². The number of rotatable bonds is 7. The van der Waals surface area contributed by atoms with E-state index in [0.29, 0.717) is 16.9 Å². The fraction of sp³-hybridized carbons (Fsp3) is 0.375. The lowest BCUT2D eigenvalue weighted by Crippen LogP contribution is -2.33. The summed E-state index contributed by atoms with van der Waals surface area (Å²) in [6.45, 7) is 8.01. The van der Waals surface area contributed by atoms with Crippen LogP contribution in [0, 0.1) is 13.8 Å². The molecule has 1 aromatic carbocycles. The predicted octanol–water partition coefficient (Wildman–Crippen LogP) is 3.55. The topological polar surface area (TPSA) is 89.0 Å². The highest BCUT2D eigenvalue weighted by molar-refractivity contribution is 6.46. The van der Waals surface area contributed by atoms with Gasteiger partial charge < -0.3 is 19.5 Å². The van der Waals surface area contributed by atoms with Crippen molar-refractivity contribution in [3.05, 3.63) is 64.5 Å². The standard InChI is InChI=1S/C24H28N2O5/c1-14(2)31-11-10-26-21(17-6-8-25-9-7-17)20(23(28)24(26)29)22(27)18-12-16(4)19(30-5)13-15(18)3/h6-9,12-14,21,27H,10-11H2,1-5H3/b22-20+. The van der Waals surface area contributed by atoms with Gasteiger partial charge in [0.25, 0.3) is 11.7 Å². The molecule has 1 fully saturated rings. The summed E-state index contributed by atoms with van der Waals surface area (Å²) in [5.41, 5.74) is 2.81. The molecular weight excluding hydrogens is 396 g/mol. The Balaban J connectivity index is 2.13. The third-order valence-electron chi connectivity index (χ3n) is 5.34. The minimum atomic E-state index is -0.722. The lowest BCUT2D eigenvalue weighted by Gasteiger charge is -2.25. The number of aliphatic hydroxyl groups excluding tert-OH is 1. The summed E-state index contributed by atoms with van der Waals surface area (Å²) in [6, 6.07) is 6.33. The molecule has 1 saturated heterocycles. The first-order chi connectivity index (χ1) is 14.8. The van der Waals surface area contributed by atoms with Crippen LogP contribution in [0.3, 0.4) is 0 Å². The fourth-order valence-electron chi connectivity index (χ4n) is 3.80. The zero-order valence-corrected chi connectivity index (χ0v) is 18.5. The van der Waals surface area contributed by atoms with Gasteiger partial charge in [0.1, 0.15) is 11.5 Å².